The van der Waals surface area contributed by atoms with Gasteiger partial charge in [-0.2, -0.15) is 4.98 Å². The largest absolute Gasteiger partial charge is 0.385 e. The Morgan fingerprint density at radius 1 is 1.00 bits per heavy atom. The molecule has 24 heavy (non-hydrogen) atoms. The van der Waals surface area contributed by atoms with Gasteiger partial charge in [0.1, 0.15) is 11.9 Å². The molecule has 0 aliphatic heterocycles. The van der Waals surface area contributed by atoms with Crippen LogP contribution in [-0.4, -0.2) is 26.6 Å². The van der Waals surface area contributed by atoms with Crippen molar-refractivity contribution < 1.29 is 5.11 Å². The molecule has 0 fully saturated rings. The number of aliphatic hydroxyl groups is 1. The molecule has 0 saturated heterocycles. The molecular formula is C18H19N5O. The smallest absolute Gasteiger partial charge is 0.229 e. The lowest BCUT2D eigenvalue weighted by Gasteiger charge is -2.13. The number of nitrogens with one attached hydrogen (secondary N) is 2. The van der Waals surface area contributed by atoms with Gasteiger partial charge in [0.05, 0.1) is 5.69 Å². The van der Waals surface area contributed by atoms with Crippen molar-refractivity contribution in [3.8, 4) is 0 Å². The van der Waals surface area contributed by atoms with Gasteiger partial charge in [-0.05, 0) is 36.8 Å². The third kappa shape index (κ3) is 4.05. The van der Waals surface area contributed by atoms with Crippen molar-refractivity contribution >= 4 is 17.5 Å². The van der Waals surface area contributed by atoms with Gasteiger partial charge < -0.3 is 15.7 Å². The van der Waals surface area contributed by atoms with Crippen molar-refractivity contribution in [2.75, 3.05) is 17.2 Å². The summed E-state index contributed by atoms with van der Waals surface area (Å²) in [7, 11) is 0. The number of aryl methyl sites for hydroxylation is 1. The van der Waals surface area contributed by atoms with Gasteiger partial charge in [-0.25, -0.2) is 4.98 Å². The van der Waals surface area contributed by atoms with Crippen molar-refractivity contribution in [3.63, 3.8) is 0 Å². The number of aliphatic hydroxyl groups excluding tert-OH is 1. The van der Waals surface area contributed by atoms with Gasteiger partial charge >= 0.3 is 0 Å². The lowest BCUT2D eigenvalue weighted by atomic mass is 10.2. The third-order valence-corrected chi connectivity index (χ3v) is 3.55. The first-order valence-corrected chi connectivity index (χ1v) is 7.71. The Bertz CT molecular complexity index is 794. The summed E-state index contributed by atoms with van der Waals surface area (Å²) in [6.45, 7) is 2.34. The first-order valence-electron chi connectivity index (χ1n) is 7.71. The van der Waals surface area contributed by atoms with Crippen LogP contribution >= 0.6 is 0 Å². The predicted molar refractivity (Wildman–Crippen MR) is 94.2 cm³/mol. The van der Waals surface area contributed by atoms with E-state index in [-0.39, 0.29) is 0 Å². The molecule has 2 aromatic heterocycles. The molecular weight excluding hydrogens is 302 g/mol. The van der Waals surface area contributed by atoms with E-state index in [1.165, 1.54) is 0 Å². The first-order chi connectivity index (χ1) is 11.7. The minimum Gasteiger partial charge on any atom is -0.385 e. The van der Waals surface area contributed by atoms with Gasteiger partial charge in [0.2, 0.25) is 5.95 Å². The maximum absolute atomic E-state index is 10.1. The number of hydrogen-bond donors (Lipinski definition) is 3. The first kappa shape index (κ1) is 15.9. The highest BCUT2D eigenvalue weighted by Crippen LogP contribution is 2.18. The van der Waals surface area contributed by atoms with Gasteiger partial charge in [-0.3, -0.25) is 4.98 Å². The van der Waals surface area contributed by atoms with Crippen LogP contribution in [0.2, 0.25) is 0 Å². The summed E-state index contributed by atoms with van der Waals surface area (Å²) in [5, 5.41) is 16.4. The monoisotopic (exact) mass is 321 g/mol. The molecule has 1 atom stereocenters. The Labute approximate surface area is 140 Å². The van der Waals surface area contributed by atoms with E-state index in [1.807, 2.05) is 43.3 Å². The van der Waals surface area contributed by atoms with Gasteiger partial charge in [0, 0.05) is 24.6 Å². The maximum Gasteiger partial charge on any atom is 0.229 e. The molecule has 3 aromatic rings. The fourth-order valence-corrected chi connectivity index (χ4v) is 2.23. The molecule has 0 spiro atoms. The summed E-state index contributed by atoms with van der Waals surface area (Å²) in [6, 6.07) is 15.2. The maximum atomic E-state index is 10.1. The van der Waals surface area contributed by atoms with E-state index < -0.39 is 6.10 Å². The third-order valence-electron chi connectivity index (χ3n) is 3.55. The summed E-state index contributed by atoms with van der Waals surface area (Å²) in [5.74, 6) is 1.14. The van der Waals surface area contributed by atoms with E-state index in [1.54, 1.807) is 24.5 Å². The second-order valence-electron chi connectivity index (χ2n) is 5.36. The van der Waals surface area contributed by atoms with Crippen LogP contribution in [0.4, 0.5) is 17.5 Å². The normalized spacial score (nSPS) is 11.8. The van der Waals surface area contributed by atoms with E-state index in [0.29, 0.717) is 24.0 Å². The number of aromatic nitrogens is 3. The average Bonchev–Trinajstić information content (AvgIpc) is 2.63. The molecule has 0 saturated carbocycles. The number of hydrogen-bond acceptors (Lipinski definition) is 6. The molecule has 3 N–H and O–H groups in total. The van der Waals surface area contributed by atoms with E-state index >= 15 is 0 Å². The molecule has 3 rings (SSSR count). The molecule has 122 valence electrons. The van der Waals surface area contributed by atoms with Crippen LogP contribution in [0.3, 0.4) is 0 Å². The molecule has 6 nitrogen and oxygen atoms in total. The molecule has 2 heterocycles. The van der Waals surface area contributed by atoms with Gasteiger partial charge in [0.15, 0.2) is 0 Å². The minimum atomic E-state index is -0.700. The van der Waals surface area contributed by atoms with Crippen LogP contribution in [0.25, 0.3) is 0 Å². The van der Waals surface area contributed by atoms with Gasteiger partial charge in [-0.1, -0.05) is 24.3 Å². The van der Waals surface area contributed by atoms with E-state index in [0.717, 1.165) is 11.3 Å². The van der Waals surface area contributed by atoms with Gasteiger partial charge in [-0.15, -0.1) is 0 Å². The van der Waals surface area contributed by atoms with Crippen molar-refractivity contribution in [2.45, 2.75) is 13.0 Å². The second kappa shape index (κ2) is 7.52. The van der Waals surface area contributed by atoms with Crippen LogP contribution in [-0.2, 0) is 0 Å². The van der Waals surface area contributed by atoms with E-state index in [4.69, 9.17) is 0 Å². The number of para-hydroxylation sites is 1. The molecule has 0 aliphatic carbocycles. The number of pyridine rings is 1. The van der Waals surface area contributed by atoms with Crippen LogP contribution in [0.5, 0.6) is 0 Å². The molecule has 0 bridgehead atoms. The van der Waals surface area contributed by atoms with Crippen LogP contribution < -0.4 is 10.6 Å². The summed E-state index contributed by atoms with van der Waals surface area (Å²) < 4.78 is 0. The fraction of sp³-hybridized carbons (Fsp3) is 0.167. The number of rotatable bonds is 6. The second-order valence-corrected chi connectivity index (χ2v) is 5.36. The molecule has 6 heteroatoms. The SMILES string of the molecule is Cc1ccccc1Nc1nccc(NCC(O)c2ccccn2)n1. The Hall–Kier alpha value is -2.99. The zero-order chi connectivity index (χ0) is 16.8. The van der Waals surface area contributed by atoms with E-state index in [2.05, 4.69) is 25.6 Å². The Kier molecular flexibility index (Phi) is 4.98. The number of nitrogens with zero attached hydrogens (tertiary/aromatic N) is 3. The molecule has 0 aliphatic rings. The van der Waals surface area contributed by atoms with Crippen LogP contribution in [0.15, 0.2) is 60.9 Å². The number of benzene rings is 1. The summed E-state index contributed by atoms with van der Waals surface area (Å²) in [4.78, 5) is 12.8. The van der Waals surface area contributed by atoms with Crippen molar-refractivity contribution in [1.82, 2.24) is 15.0 Å². The quantitative estimate of drug-likeness (QED) is 0.647. The summed E-state index contributed by atoms with van der Waals surface area (Å²) in [5.41, 5.74) is 2.70. The van der Waals surface area contributed by atoms with Crippen LogP contribution in [0.1, 0.15) is 17.4 Å². The highest BCUT2D eigenvalue weighted by Gasteiger charge is 2.09. The minimum absolute atomic E-state index is 0.317. The Morgan fingerprint density at radius 2 is 1.83 bits per heavy atom. The predicted octanol–water partition coefficient (Wildman–Crippen LogP) is 3.07. The summed E-state index contributed by atoms with van der Waals surface area (Å²) in [6.07, 6.45) is 2.63. The topological polar surface area (TPSA) is 83.0 Å². The highest BCUT2D eigenvalue weighted by molar-refractivity contribution is 5.58. The molecule has 1 unspecified atom stereocenters. The zero-order valence-corrected chi connectivity index (χ0v) is 13.3. The lowest BCUT2D eigenvalue weighted by Crippen LogP contribution is -2.14. The summed E-state index contributed by atoms with van der Waals surface area (Å²) >= 11 is 0. The lowest BCUT2D eigenvalue weighted by molar-refractivity contribution is 0.186. The van der Waals surface area contributed by atoms with Crippen molar-refractivity contribution in [2.24, 2.45) is 0 Å². The standard InChI is InChI=1S/C18H19N5O/c1-13-6-2-3-7-14(13)22-18-20-11-9-17(23-18)21-12-16(24)15-8-4-5-10-19-15/h2-11,16,24H,12H2,1H3,(H2,20,21,22,23). The van der Waals surface area contributed by atoms with Gasteiger partial charge in [0.25, 0.3) is 0 Å². The fourth-order valence-electron chi connectivity index (χ4n) is 2.23. The average molecular weight is 321 g/mol. The molecule has 0 amide bonds. The highest BCUT2D eigenvalue weighted by atomic mass is 16.3. The number of anilines is 3. The van der Waals surface area contributed by atoms with Crippen molar-refractivity contribution in [3.05, 3.63) is 72.2 Å². The zero-order valence-electron chi connectivity index (χ0n) is 13.3. The van der Waals surface area contributed by atoms with Crippen molar-refractivity contribution in [1.29, 1.82) is 0 Å². The molecule has 1 aromatic carbocycles. The Morgan fingerprint density at radius 3 is 2.62 bits per heavy atom. The Balaban J connectivity index is 1.64. The molecule has 0 radical (unpaired) electrons. The van der Waals surface area contributed by atoms with Crippen LogP contribution in [0, 0.1) is 6.92 Å². The van der Waals surface area contributed by atoms with E-state index in [9.17, 15) is 5.11 Å².